The molecule has 1 aromatic heterocycles. The molecule has 0 amide bonds. The molecule has 114 valence electrons. The Morgan fingerprint density at radius 1 is 1.35 bits per heavy atom. The number of aryl methyl sites for hydroxylation is 1. The van der Waals surface area contributed by atoms with Crippen LogP contribution in [0.25, 0.3) is 0 Å². The van der Waals surface area contributed by atoms with E-state index in [1.165, 1.54) is 5.56 Å². The molecule has 0 radical (unpaired) electrons. The van der Waals surface area contributed by atoms with E-state index in [2.05, 4.69) is 64.0 Å². The van der Waals surface area contributed by atoms with Crippen LogP contribution in [0.1, 0.15) is 39.0 Å². The number of anilines is 1. The van der Waals surface area contributed by atoms with Gasteiger partial charge in [0.1, 0.15) is 5.82 Å². The molecule has 0 aliphatic heterocycles. The maximum absolute atomic E-state index is 5.20. The van der Waals surface area contributed by atoms with E-state index in [4.69, 9.17) is 9.72 Å². The quantitative estimate of drug-likeness (QED) is 0.869. The predicted octanol–water partition coefficient (Wildman–Crippen LogP) is 2.75. The molecule has 4 nitrogen and oxygen atoms in total. The number of aromatic nitrogens is 1. The highest BCUT2D eigenvalue weighted by Gasteiger charge is 2.13. The van der Waals surface area contributed by atoms with Gasteiger partial charge in [0.2, 0.25) is 0 Å². The first-order chi connectivity index (χ1) is 9.24. The van der Waals surface area contributed by atoms with Crippen LogP contribution in [0.3, 0.4) is 0 Å². The molecule has 0 spiro atoms. The topological polar surface area (TPSA) is 37.4 Å². The lowest BCUT2D eigenvalue weighted by molar-refractivity contribution is 0.183. The molecule has 0 aliphatic carbocycles. The maximum Gasteiger partial charge on any atom is 0.128 e. The summed E-state index contributed by atoms with van der Waals surface area (Å²) in [5.41, 5.74) is 2.45. The molecular weight excluding hydrogens is 250 g/mol. The van der Waals surface area contributed by atoms with E-state index in [0.29, 0.717) is 12.6 Å². The molecule has 1 heterocycles. The minimum atomic E-state index is 0.120. The predicted molar refractivity (Wildman–Crippen MR) is 85.3 cm³/mol. The Hall–Kier alpha value is -1.13. The zero-order valence-electron chi connectivity index (χ0n) is 13.9. The van der Waals surface area contributed by atoms with Gasteiger partial charge < -0.3 is 15.0 Å². The van der Waals surface area contributed by atoms with Crippen molar-refractivity contribution in [3.8, 4) is 0 Å². The van der Waals surface area contributed by atoms with Gasteiger partial charge in [0.05, 0.1) is 12.6 Å². The van der Waals surface area contributed by atoms with Crippen molar-refractivity contribution in [1.29, 1.82) is 0 Å². The molecule has 1 unspecified atom stereocenters. The summed E-state index contributed by atoms with van der Waals surface area (Å²) >= 11 is 0. The van der Waals surface area contributed by atoms with E-state index in [1.54, 1.807) is 7.11 Å². The number of methoxy groups -OCH3 is 1. The summed E-state index contributed by atoms with van der Waals surface area (Å²) in [6, 6.07) is 4.55. The Bertz CT molecular complexity index is 426. The fraction of sp³-hybridized carbons (Fsp3) is 0.688. The van der Waals surface area contributed by atoms with Gasteiger partial charge in [-0.1, -0.05) is 6.07 Å². The van der Waals surface area contributed by atoms with E-state index in [-0.39, 0.29) is 5.54 Å². The minimum Gasteiger partial charge on any atom is -0.383 e. The zero-order chi connectivity index (χ0) is 15.3. The van der Waals surface area contributed by atoms with Crippen molar-refractivity contribution in [3.63, 3.8) is 0 Å². The summed E-state index contributed by atoms with van der Waals surface area (Å²) < 4.78 is 5.20. The summed E-state index contributed by atoms with van der Waals surface area (Å²) in [5.74, 6) is 0.992. The van der Waals surface area contributed by atoms with Gasteiger partial charge in [-0.05, 0) is 46.2 Å². The molecule has 1 aromatic rings. The Labute approximate surface area is 123 Å². The van der Waals surface area contributed by atoms with E-state index in [9.17, 15) is 0 Å². The van der Waals surface area contributed by atoms with Crippen molar-refractivity contribution in [1.82, 2.24) is 10.3 Å². The zero-order valence-corrected chi connectivity index (χ0v) is 13.9. The summed E-state index contributed by atoms with van der Waals surface area (Å²) in [6.45, 7) is 12.3. The first-order valence-electron chi connectivity index (χ1n) is 7.18. The second kappa shape index (κ2) is 7.04. The number of pyridine rings is 1. The Morgan fingerprint density at radius 3 is 2.50 bits per heavy atom. The van der Waals surface area contributed by atoms with Crippen LogP contribution in [-0.4, -0.2) is 37.3 Å². The number of hydrogen-bond acceptors (Lipinski definition) is 4. The van der Waals surface area contributed by atoms with Gasteiger partial charge in [0.25, 0.3) is 0 Å². The van der Waals surface area contributed by atoms with Crippen LogP contribution in [0, 0.1) is 6.92 Å². The third-order valence-corrected chi connectivity index (χ3v) is 3.42. The fourth-order valence-corrected chi connectivity index (χ4v) is 1.90. The molecule has 0 saturated carbocycles. The van der Waals surface area contributed by atoms with Gasteiger partial charge >= 0.3 is 0 Å². The molecule has 1 N–H and O–H groups in total. The van der Waals surface area contributed by atoms with Gasteiger partial charge in [0.15, 0.2) is 0 Å². The highest BCUT2D eigenvalue weighted by atomic mass is 16.5. The minimum absolute atomic E-state index is 0.120. The van der Waals surface area contributed by atoms with Crippen LogP contribution < -0.4 is 10.2 Å². The number of ether oxygens (including phenoxy) is 1. The maximum atomic E-state index is 5.20. The van der Waals surface area contributed by atoms with Crippen molar-refractivity contribution < 1.29 is 4.74 Å². The standard InChI is InChI=1S/C16H29N3O/c1-12(11-20-7)19(6)15-9-8-14(13(2)18-15)10-17-16(3,4)5/h8-9,12,17H,10-11H2,1-7H3. The first kappa shape index (κ1) is 16.9. The normalized spacial score (nSPS) is 13.3. The van der Waals surface area contributed by atoms with E-state index in [1.807, 2.05) is 0 Å². The van der Waals surface area contributed by atoms with Gasteiger partial charge in [-0.15, -0.1) is 0 Å². The second-order valence-corrected chi connectivity index (χ2v) is 6.43. The Kier molecular flexibility index (Phi) is 5.96. The summed E-state index contributed by atoms with van der Waals surface area (Å²) in [5, 5.41) is 3.50. The van der Waals surface area contributed by atoms with Crippen LogP contribution in [-0.2, 0) is 11.3 Å². The molecule has 0 aromatic carbocycles. The second-order valence-electron chi connectivity index (χ2n) is 6.43. The van der Waals surface area contributed by atoms with E-state index in [0.717, 1.165) is 18.1 Å². The highest BCUT2D eigenvalue weighted by molar-refractivity contribution is 5.41. The fourth-order valence-electron chi connectivity index (χ4n) is 1.90. The Balaban J connectivity index is 2.77. The van der Waals surface area contributed by atoms with Crippen LogP contribution in [0.5, 0.6) is 0 Å². The lowest BCUT2D eigenvalue weighted by atomic mass is 10.1. The monoisotopic (exact) mass is 279 g/mol. The third kappa shape index (κ3) is 5.10. The average molecular weight is 279 g/mol. The van der Waals surface area contributed by atoms with Gasteiger partial charge in [-0.2, -0.15) is 0 Å². The Morgan fingerprint density at radius 2 is 2.00 bits per heavy atom. The largest absolute Gasteiger partial charge is 0.383 e. The van der Waals surface area contributed by atoms with Crippen molar-refractivity contribution in [2.24, 2.45) is 0 Å². The molecule has 1 atom stereocenters. The molecule has 1 rings (SSSR count). The SMILES string of the molecule is COCC(C)N(C)c1ccc(CNC(C)(C)C)c(C)n1. The summed E-state index contributed by atoms with van der Waals surface area (Å²) in [4.78, 5) is 6.86. The van der Waals surface area contributed by atoms with Crippen LogP contribution >= 0.6 is 0 Å². The molecule has 20 heavy (non-hydrogen) atoms. The van der Waals surface area contributed by atoms with Crippen molar-refractivity contribution in [2.45, 2.75) is 52.7 Å². The van der Waals surface area contributed by atoms with Crippen LogP contribution in [0.15, 0.2) is 12.1 Å². The van der Waals surface area contributed by atoms with Crippen molar-refractivity contribution in [2.75, 3.05) is 25.7 Å². The van der Waals surface area contributed by atoms with Gasteiger partial charge in [0, 0.05) is 31.9 Å². The first-order valence-corrected chi connectivity index (χ1v) is 7.18. The summed E-state index contributed by atoms with van der Waals surface area (Å²) in [6.07, 6.45) is 0. The molecular formula is C16H29N3O. The highest BCUT2D eigenvalue weighted by Crippen LogP contribution is 2.16. The van der Waals surface area contributed by atoms with Crippen LogP contribution in [0.4, 0.5) is 5.82 Å². The number of hydrogen-bond donors (Lipinski definition) is 1. The molecule has 0 fully saturated rings. The number of likely N-dealkylation sites (N-methyl/N-ethyl adjacent to an activating group) is 1. The lowest BCUT2D eigenvalue weighted by Gasteiger charge is -2.26. The number of nitrogens with zero attached hydrogens (tertiary/aromatic N) is 2. The number of nitrogens with one attached hydrogen (secondary N) is 1. The van der Waals surface area contributed by atoms with Crippen molar-refractivity contribution in [3.05, 3.63) is 23.4 Å². The van der Waals surface area contributed by atoms with Crippen molar-refractivity contribution >= 4 is 5.82 Å². The average Bonchev–Trinajstić information content (AvgIpc) is 2.35. The summed E-state index contributed by atoms with van der Waals surface area (Å²) in [7, 11) is 3.78. The van der Waals surface area contributed by atoms with Crippen LogP contribution in [0.2, 0.25) is 0 Å². The third-order valence-electron chi connectivity index (χ3n) is 3.42. The van der Waals surface area contributed by atoms with E-state index >= 15 is 0 Å². The molecule has 0 bridgehead atoms. The molecule has 0 saturated heterocycles. The lowest BCUT2D eigenvalue weighted by Crippen LogP contribution is -2.35. The molecule has 0 aliphatic rings. The molecule has 4 heteroatoms. The van der Waals surface area contributed by atoms with Gasteiger partial charge in [-0.25, -0.2) is 4.98 Å². The number of rotatable bonds is 6. The van der Waals surface area contributed by atoms with Gasteiger partial charge in [-0.3, -0.25) is 0 Å². The smallest absolute Gasteiger partial charge is 0.128 e. The van der Waals surface area contributed by atoms with E-state index < -0.39 is 0 Å².